The summed E-state index contributed by atoms with van der Waals surface area (Å²) in [5.41, 5.74) is 0.642. The standard InChI is InChI=1S/C11H13BrN2S/c1-7(2)14(4)6-10-8(3)9(5-13)11(12)15-10/h6-7H,3H2,1-2,4H3/b10-6+. The number of hydrogen-bond acceptors (Lipinski definition) is 3. The van der Waals surface area contributed by atoms with Crippen molar-refractivity contribution in [3.8, 4) is 6.07 Å². The Labute approximate surface area is 102 Å². The van der Waals surface area contributed by atoms with E-state index in [0.717, 1.165) is 13.5 Å². The highest BCUT2D eigenvalue weighted by atomic mass is 79.9. The zero-order valence-electron chi connectivity index (χ0n) is 9.04. The van der Waals surface area contributed by atoms with Gasteiger partial charge in [-0.15, -0.1) is 11.3 Å². The molecule has 0 saturated carbocycles. The summed E-state index contributed by atoms with van der Waals surface area (Å²) in [6.45, 7) is 8.16. The lowest BCUT2D eigenvalue weighted by Crippen LogP contribution is -2.27. The second-order valence-corrected chi connectivity index (χ2v) is 5.96. The third-order valence-corrected chi connectivity index (χ3v) is 4.08. The highest BCUT2D eigenvalue weighted by Crippen LogP contribution is 2.15. The van der Waals surface area contributed by atoms with Crippen molar-refractivity contribution in [1.29, 1.82) is 5.26 Å². The smallest absolute Gasteiger partial charge is 0.102 e. The molecular formula is C11H13BrN2S. The van der Waals surface area contributed by atoms with Gasteiger partial charge in [-0.3, -0.25) is 0 Å². The highest BCUT2D eigenvalue weighted by molar-refractivity contribution is 9.11. The second kappa shape index (κ2) is 4.82. The van der Waals surface area contributed by atoms with Gasteiger partial charge in [0.25, 0.3) is 0 Å². The summed E-state index contributed by atoms with van der Waals surface area (Å²) in [4.78, 5) is 2.11. The Balaban J connectivity index is 3.30. The topological polar surface area (TPSA) is 27.0 Å². The van der Waals surface area contributed by atoms with E-state index in [2.05, 4.69) is 47.3 Å². The van der Waals surface area contributed by atoms with Gasteiger partial charge in [-0.1, -0.05) is 6.58 Å². The van der Waals surface area contributed by atoms with Crippen LogP contribution >= 0.6 is 27.3 Å². The molecule has 15 heavy (non-hydrogen) atoms. The molecule has 80 valence electrons. The third kappa shape index (κ3) is 2.61. The maximum atomic E-state index is 8.92. The summed E-state index contributed by atoms with van der Waals surface area (Å²) in [5, 5.41) is 9.72. The fourth-order valence-electron chi connectivity index (χ4n) is 1.00. The van der Waals surface area contributed by atoms with Crippen molar-refractivity contribution in [1.82, 2.24) is 4.90 Å². The Morgan fingerprint density at radius 2 is 2.20 bits per heavy atom. The molecule has 0 unspecified atom stereocenters. The number of nitrogens with zero attached hydrogens (tertiary/aromatic N) is 2. The summed E-state index contributed by atoms with van der Waals surface area (Å²) in [6.07, 6.45) is 2.03. The number of thiophene rings is 1. The summed E-state index contributed by atoms with van der Waals surface area (Å²) < 4.78 is 1.90. The fraction of sp³-hybridized carbons (Fsp3) is 0.364. The van der Waals surface area contributed by atoms with Gasteiger partial charge in [-0.25, -0.2) is 0 Å². The van der Waals surface area contributed by atoms with Crippen LogP contribution in [0.25, 0.3) is 12.8 Å². The molecule has 0 spiro atoms. The van der Waals surface area contributed by atoms with E-state index in [0.29, 0.717) is 11.6 Å². The van der Waals surface area contributed by atoms with Gasteiger partial charge in [0.2, 0.25) is 0 Å². The van der Waals surface area contributed by atoms with Crippen LogP contribution in [0.5, 0.6) is 0 Å². The van der Waals surface area contributed by atoms with Gasteiger partial charge in [0.05, 0.1) is 13.9 Å². The highest BCUT2D eigenvalue weighted by Gasteiger charge is 2.05. The Morgan fingerprint density at radius 3 is 2.60 bits per heavy atom. The fourth-order valence-corrected chi connectivity index (χ4v) is 2.76. The molecule has 0 amide bonds. The van der Waals surface area contributed by atoms with Crippen LogP contribution in [-0.4, -0.2) is 18.0 Å². The van der Waals surface area contributed by atoms with Gasteiger partial charge < -0.3 is 4.90 Å². The molecule has 0 radical (unpaired) electrons. The first-order valence-electron chi connectivity index (χ1n) is 4.58. The molecule has 0 aliphatic heterocycles. The van der Waals surface area contributed by atoms with E-state index in [1.165, 1.54) is 0 Å². The largest absolute Gasteiger partial charge is 0.377 e. The lowest BCUT2D eigenvalue weighted by Gasteiger charge is -2.17. The van der Waals surface area contributed by atoms with Gasteiger partial charge in [0.1, 0.15) is 6.07 Å². The van der Waals surface area contributed by atoms with Crippen molar-refractivity contribution < 1.29 is 0 Å². The normalized spacial score (nSPS) is 11.9. The predicted molar refractivity (Wildman–Crippen MR) is 68.9 cm³/mol. The quantitative estimate of drug-likeness (QED) is 0.829. The summed E-state index contributed by atoms with van der Waals surface area (Å²) in [6, 6.07) is 2.59. The van der Waals surface area contributed by atoms with E-state index in [4.69, 9.17) is 5.26 Å². The molecule has 1 aromatic heterocycles. The van der Waals surface area contributed by atoms with E-state index in [1.54, 1.807) is 11.3 Å². The van der Waals surface area contributed by atoms with Crippen molar-refractivity contribution >= 4 is 40.0 Å². The molecule has 0 N–H and O–H groups in total. The number of halogens is 1. The molecule has 4 heteroatoms. The maximum Gasteiger partial charge on any atom is 0.102 e. The molecule has 0 aromatic carbocycles. The van der Waals surface area contributed by atoms with E-state index < -0.39 is 0 Å². The molecule has 1 rings (SSSR count). The average molecular weight is 285 g/mol. The van der Waals surface area contributed by atoms with Crippen LogP contribution in [0.1, 0.15) is 19.4 Å². The first kappa shape index (κ1) is 12.3. The Hall–Kier alpha value is -0.790. The van der Waals surface area contributed by atoms with Gasteiger partial charge >= 0.3 is 0 Å². The monoisotopic (exact) mass is 284 g/mol. The van der Waals surface area contributed by atoms with Gasteiger partial charge in [-0.2, -0.15) is 5.26 Å². The Kier molecular flexibility index (Phi) is 3.95. The zero-order chi connectivity index (χ0) is 11.6. The average Bonchev–Trinajstić information content (AvgIpc) is 2.41. The van der Waals surface area contributed by atoms with Crippen molar-refractivity contribution in [2.75, 3.05) is 7.05 Å². The van der Waals surface area contributed by atoms with Crippen LogP contribution in [0.4, 0.5) is 0 Å². The van der Waals surface area contributed by atoms with Crippen molar-refractivity contribution in [2.45, 2.75) is 19.9 Å². The van der Waals surface area contributed by atoms with Crippen LogP contribution < -0.4 is 9.75 Å². The number of hydrogen-bond donors (Lipinski definition) is 0. The SMILES string of the molecule is C=c1c(C#N)c(Br)s/c1=C/N(C)C(C)C. The van der Waals surface area contributed by atoms with E-state index in [9.17, 15) is 0 Å². The molecular weight excluding hydrogens is 272 g/mol. The zero-order valence-corrected chi connectivity index (χ0v) is 11.4. The first-order valence-corrected chi connectivity index (χ1v) is 6.19. The lowest BCUT2D eigenvalue weighted by atomic mass is 10.3. The van der Waals surface area contributed by atoms with Crippen molar-refractivity contribution in [3.63, 3.8) is 0 Å². The van der Waals surface area contributed by atoms with E-state index in [1.807, 2.05) is 13.2 Å². The van der Waals surface area contributed by atoms with Gasteiger partial charge in [0.15, 0.2) is 0 Å². The minimum atomic E-state index is 0.441. The second-order valence-electron chi connectivity index (χ2n) is 3.59. The first-order chi connectivity index (χ1) is 6.97. The minimum absolute atomic E-state index is 0.441. The van der Waals surface area contributed by atoms with Crippen LogP contribution in [0.3, 0.4) is 0 Å². The molecule has 0 saturated heterocycles. The third-order valence-electron chi connectivity index (χ3n) is 2.24. The maximum absolute atomic E-state index is 8.92. The number of nitriles is 1. The van der Waals surface area contributed by atoms with Crippen LogP contribution in [0.2, 0.25) is 0 Å². The molecule has 0 bridgehead atoms. The van der Waals surface area contributed by atoms with Crippen LogP contribution in [0, 0.1) is 11.3 Å². The summed E-state index contributed by atoms with van der Waals surface area (Å²) >= 11 is 4.92. The predicted octanol–water partition coefficient (Wildman–Crippen LogP) is 1.87. The molecule has 2 nitrogen and oxygen atoms in total. The van der Waals surface area contributed by atoms with Gasteiger partial charge in [-0.05, 0) is 29.8 Å². The molecule has 0 fully saturated rings. The van der Waals surface area contributed by atoms with E-state index >= 15 is 0 Å². The molecule has 1 aromatic rings. The molecule has 0 atom stereocenters. The molecule has 0 aliphatic carbocycles. The summed E-state index contributed by atoms with van der Waals surface area (Å²) in [5.74, 6) is 0. The van der Waals surface area contributed by atoms with Crippen LogP contribution in [-0.2, 0) is 0 Å². The summed E-state index contributed by atoms with van der Waals surface area (Å²) in [7, 11) is 2.02. The van der Waals surface area contributed by atoms with Crippen LogP contribution in [0.15, 0.2) is 3.79 Å². The van der Waals surface area contributed by atoms with Crippen molar-refractivity contribution in [2.24, 2.45) is 0 Å². The van der Waals surface area contributed by atoms with Gasteiger partial charge in [0, 0.05) is 24.5 Å². The minimum Gasteiger partial charge on any atom is -0.377 e. The Bertz CT molecular complexity index is 496. The van der Waals surface area contributed by atoms with E-state index in [-0.39, 0.29) is 0 Å². The number of rotatable bonds is 2. The molecule has 1 heterocycles. The molecule has 0 aliphatic rings. The Morgan fingerprint density at radius 1 is 1.60 bits per heavy atom. The van der Waals surface area contributed by atoms with Crippen molar-refractivity contribution in [3.05, 3.63) is 19.1 Å². The lowest BCUT2D eigenvalue weighted by molar-refractivity contribution is 0.410.